The number of anilines is 1. The molecule has 1 saturated heterocycles. The van der Waals surface area contributed by atoms with Gasteiger partial charge in [-0.15, -0.1) is 0 Å². The van der Waals surface area contributed by atoms with Gasteiger partial charge in [-0.25, -0.2) is 8.78 Å². The van der Waals surface area contributed by atoms with Gasteiger partial charge in [0.1, 0.15) is 11.6 Å². The molecule has 3 nitrogen and oxygen atoms in total. The Bertz CT molecular complexity index is 732. The van der Waals surface area contributed by atoms with Crippen molar-refractivity contribution in [2.24, 2.45) is 5.92 Å². The first kappa shape index (κ1) is 19.6. The first-order valence-corrected chi connectivity index (χ1v) is 8.49. The maximum Gasteiger partial charge on any atom is 0.211 e. The van der Waals surface area contributed by atoms with Crippen LogP contribution in [-0.2, 0) is 4.79 Å². The smallest absolute Gasteiger partial charge is 0.211 e. The highest BCUT2D eigenvalue weighted by Crippen LogP contribution is 2.36. The number of benzene rings is 1. The molecule has 2 rings (SSSR count). The van der Waals surface area contributed by atoms with E-state index in [4.69, 9.17) is 23.2 Å². The summed E-state index contributed by atoms with van der Waals surface area (Å²) in [5.41, 5.74) is 1.08. The number of rotatable bonds is 6. The lowest BCUT2D eigenvalue weighted by molar-refractivity contribution is -0.105. The monoisotopic (exact) mass is 386 g/mol. The Labute approximate surface area is 155 Å². The molecule has 2 atom stereocenters. The average molecular weight is 387 g/mol. The molecule has 7 heteroatoms. The van der Waals surface area contributed by atoms with E-state index in [2.05, 4.69) is 10.6 Å². The minimum atomic E-state index is -0.556. The minimum absolute atomic E-state index is 0.00252. The zero-order valence-electron chi connectivity index (χ0n) is 13.5. The first-order valence-electron chi connectivity index (χ1n) is 7.74. The predicted octanol–water partition coefficient (Wildman–Crippen LogP) is 4.90. The number of allylic oxidation sites excluding steroid dienone is 5. The van der Waals surface area contributed by atoms with Crippen LogP contribution < -0.4 is 10.6 Å². The Morgan fingerprint density at radius 3 is 2.80 bits per heavy atom. The van der Waals surface area contributed by atoms with Gasteiger partial charge in [0.05, 0.1) is 10.1 Å². The van der Waals surface area contributed by atoms with Crippen molar-refractivity contribution < 1.29 is 13.6 Å². The Morgan fingerprint density at radius 2 is 2.12 bits per heavy atom. The zero-order valence-corrected chi connectivity index (χ0v) is 15.0. The number of nitrogens with one attached hydrogen (secondary N) is 2. The van der Waals surface area contributed by atoms with Gasteiger partial charge >= 0.3 is 0 Å². The molecular formula is C18H18Cl2F2N2O. The van der Waals surface area contributed by atoms with Crippen LogP contribution in [-0.4, -0.2) is 19.5 Å². The van der Waals surface area contributed by atoms with E-state index in [1.54, 1.807) is 19.1 Å². The zero-order chi connectivity index (χ0) is 18.4. The van der Waals surface area contributed by atoms with E-state index in [-0.39, 0.29) is 21.9 Å². The van der Waals surface area contributed by atoms with Crippen LogP contribution in [0.3, 0.4) is 0 Å². The van der Waals surface area contributed by atoms with Gasteiger partial charge in [0, 0.05) is 24.7 Å². The third kappa shape index (κ3) is 4.91. The molecule has 134 valence electrons. The van der Waals surface area contributed by atoms with Crippen molar-refractivity contribution >= 4 is 35.3 Å². The lowest BCUT2D eigenvalue weighted by Crippen LogP contribution is -2.12. The lowest BCUT2D eigenvalue weighted by atomic mass is 9.87. The quantitative estimate of drug-likeness (QED) is 0.538. The van der Waals surface area contributed by atoms with E-state index in [0.717, 1.165) is 0 Å². The molecule has 1 aromatic carbocycles. The highest BCUT2D eigenvalue weighted by Gasteiger charge is 2.29. The van der Waals surface area contributed by atoms with Gasteiger partial charge in [0.25, 0.3) is 0 Å². The molecule has 0 aliphatic carbocycles. The van der Waals surface area contributed by atoms with Crippen LogP contribution in [0.5, 0.6) is 0 Å². The maximum absolute atomic E-state index is 13.9. The predicted molar refractivity (Wildman–Crippen MR) is 98.1 cm³/mol. The van der Waals surface area contributed by atoms with Crippen LogP contribution in [0.15, 0.2) is 47.3 Å². The molecule has 25 heavy (non-hydrogen) atoms. The van der Waals surface area contributed by atoms with Crippen LogP contribution in [0.1, 0.15) is 18.4 Å². The van der Waals surface area contributed by atoms with E-state index in [1.807, 2.05) is 0 Å². The van der Waals surface area contributed by atoms with Gasteiger partial charge in [0.15, 0.2) is 0 Å². The van der Waals surface area contributed by atoms with Crippen LogP contribution >= 0.6 is 23.2 Å². The molecule has 0 radical (unpaired) electrons. The van der Waals surface area contributed by atoms with Gasteiger partial charge < -0.3 is 10.6 Å². The fourth-order valence-corrected chi connectivity index (χ4v) is 3.11. The van der Waals surface area contributed by atoms with E-state index in [9.17, 15) is 13.6 Å². The molecule has 2 N–H and O–H groups in total. The number of amides is 1. The third-order valence-corrected chi connectivity index (χ3v) is 4.59. The summed E-state index contributed by atoms with van der Waals surface area (Å²) in [5.74, 6) is -1.23. The summed E-state index contributed by atoms with van der Waals surface area (Å²) in [7, 11) is 0. The summed E-state index contributed by atoms with van der Waals surface area (Å²) in [6.07, 6.45) is 6.64. The van der Waals surface area contributed by atoms with Gasteiger partial charge in [-0.1, -0.05) is 35.4 Å². The van der Waals surface area contributed by atoms with Gasteiger partial charge in [-0.3, -0.25) is 4.79 Å². The average Bonchev–Trinajstić information content (AvgIpc) is 3.04. The molecule has 0 aromatic heterocycles. The highest BCUT2D eigenvalue weighted by molar-refractivity contribution is 6.31. The Hall–Kier alpha value is -1.69. The van der Waals surface area contributed by atoms with Crippen molar-refractivity contribution in [1.82, 2.24) is 5.32 Å². The first-order chi connectivity index (χ1) is 12.0. The number of carbonyl (C=O) groups is 1. The second-order valence-electron chi connectivity index (χ2n) is 5.60. The summed E-state index contributed by atoms with van der Waals surface area (Å²) < 4.78 is 27.5. The molecule has 1 heterocycles. The van der Waals surface area contributed by atoms with E-state index < -0.39 is 11.6 Å². The second-order valence-corrected chi connectivity index (χ2v) is 6.41. The van der Waals surface area contributed by atoms with Crippen molar-refractivity contribution in [3.63, 3.8) is 0 Å². The number of hydrogen-bond donors (Lipinski definition) is 2. The van der Waals surface area contributed by atoms with Crippen molar-refractivity contribution in [3.05, 3.63) is 63.7 Å². The van der Waals surface area contributed by atoms with Crippen molar-refractivity contribution in [2.75, 3.05) is 18.4 Å². The molecule has 0 bridgehead atoms. The summed E-state index contributed by atoms with van der Waals surface area (Å²) >= 11 is 11.7. The van der Waals surface area contributed by atoms with E-state index in [1.165, 1.54) is 24.3 Å². The van der Waals surface area contributed by atoms with Crippen LogP contribution in [0, 0.1) is 11.7 Å². The second kappa shape index (κ2) is 9.13. The fraction of sp³-hybridized carbons (Fsp3) is 0.278. The van der Waals surface area contributed by atoms with Gasteiger partial charge in [-0.05, 0) is 42.7 Å². The topological polar surface area (TPSA) is 41.1 Å². The number of halogens is 4. The van der Waals surface area contributed by atoms with Crippen molar-refractivity contribution in [1.29, 1.82) is 0 Å². The Kier molecular flexibility index (Phi) is 7.17. The molecule has 1 aromatic rings. The molecule has 1 fully saturated rings. The van der Waals surface area contributed by atoms with E-state index in [0.29, 0.717) is 30.8 Å². The number of hydrogen-bond acceptors (Lipinski definition) is 2. The minimum Gasteiger partial charge on any atom is -0.328 e. The molecule has 0 saturated carbocycles. The fourth-order valence-electron chi connectivity index (χ4n) is 2.81. The SMILES string of the molecule is C\C=C/C(F)=C(Cl)\C=C\[C@H]1CNC[C@H]1c1cc(F)c(Cl)cc1NC=O. The number of carbonyl (C=O) groups excluding carboxylic acids is 1. The van der Waals surface area contributed by atoms with Crippen molar-refractivity contribution in [2.45, 2.75) is 12.8 Å². The maximum atomic E-state index is 13.9. The Balaban J connectivity index is 2.31. The largest absolute Gasteiger partial charge is 0.328 e. The van der Waals surface area contributed by atoms with Crippen molar-refractivity contribution in [3.8, 4) is 0 Å². The summed E-state index contributed by atoms with van der Waals surface area (Å²) in [4.78, 5) is 10.8. The highest BCUT2D eigenvalue weighted by atomic mass is 35.5. The lowest BCUT2D eigenvalue weighted by Gasteiger charge is -2.19. The molecule has 1 aliphatic heterocycles. The summed E-state index contributed by atoms with van der Waals surface area (Å²) in [5, 5.41) is 5.70. The Morgan fingerprint density at radius 1 is 1.36 bits per heavy atom. The van der Waals surface area contributed by atoms with Crippen LogP contribution in [0.4, 0.5) is 14.5 Å². The van der Waals surface area contributed by atoms with Crippen LogP contribution in [0.2, 0.25) is 5.02 Å². The molecule has 0 unspecified atom stereocenters. The molecular weight excluding hydrogens is 369 g/mol. The van der Waals surface area contributed by atoms with Gasteiger partial charge in [-0.2, -0.15) is 0 Å². The molecule has 0 spiro atoms. The summed E-state index contributed by atoms with van der Waals surface area (Å²) in [6.45, 7) is 2.91. The molecule has 1 aliphatic rings. The third-order valence-electron chi connectivity index (χ3n) is 4.00. The van der Waals surface area contributed by atoms with Crippen LogP contribution in [0.25, 0.3) is 0 Å². The van der Waals surface area contributed by atoms with Gasteiger partial charge in [0.2, 0.25) is 6.41 Å². The standard InChI is InChI=1S/C18H18Cl2F2N2O/c1-2-3-16(21)14(19)5-4-11-8-23-9-13(11)12-6-17(22)15(20)7-18(12)24-10-25/h2-7,10-11,13,23H,8-9H2,1H3,(H,24,25)/b3-2-,5-4+,16-14-/t11-,13+/m0/s1. The molecule has 1 amide bonds. The van der Waals surface area contributed by atoms with E-state index >= 15 is 0 Å². The summed E-state index contributed by atoms with van der Waals surface area (Å²) in [6, 6.07) is 2.71. The normalized spacial score (nSPS) is 21.8.